The highest BCUT2D eigenvalue weighted by Crippen LogP contribution is 2.35. The van der Waals surface area contributed by atoms with Gasteiger partial charge < -0.3 is 15.7 Å². The maximum Gasteiger partial charge on any atom is 0.309 e. The molecular formula is C16H20N2O4S. The SMILES string of the molecule is CC1Sc2ccc(C(=O)NCCC(C)(C)C(=O)O)cc2NC1=O. The van der Waals surface area contributed by atoms with Gasteiger partial charge >= 0.3 is 5.97 Å². The lowest BCUT2D eigenvalue weighted by Crippen LogP contribution is -2.32. The predicted molar refractivity (Wildman–Crippen MR) is 88.8 cm³/mol. The van der Waals surface area contributed by atoms with E-state index in [9.17, 15) is 14.4 Å². The van der Waals surface area contributed by atoms with Gasteiger partial charge in [0.25, 0.3) is 5.91 Å². The van der Waals surface area contributed by atoms with Gasteiger partial charge in [0.1, 0.15) is 0 Å². The van der Waals surface area contributed by atoms with Crippen LogP contribution in [0.3, 0.4) is 0 Å². The summed E-state index contributed by atoms with van der Waals surface area (Å²) in [5.74, 6) is -1.26. The number of hydrogen-bond acceptors (Lipinski definition) is 4. The zero-order valence-electron chi connectivity index (χ0n) is 13.3. The van der Waals surface area contributed by atoms with E-state index in [-0.39, 0.29) is 23.6 Å². The number of carboxylic acid groups (broad SMARTS) is 1. The third-order valence-corrected chi connectivity index (χ3v) is 4.96. The third kappa shape index (κ3) is 4.04. The molecule has 0 aliphatic carbocycles. The van der Waals surface area contributed by atoms with Gasteiger partial charge in [0.05, 0.1) is 16.4 Å². The normalized spacial score (nSPS) is 17.2. The number of amides is 2. The monoisotopic (exact) mass is 336 g/mol. The van der Waals surface area contributed by atoms with Gasteiger partial charge in [-0.2, -0.15) is 0 Å². The van der Waals surface area contributed by atoms with E-state index in [0.29, 0.717) is 17.7 Å². The molecule has 1 aliphatic heterocycles. The molecule has 1 aromatic carbocycles. The molecular weight excluding hydrogens is 316 g/mol. The number of thioether (sulfide) groups is 1. The van der Waals surface area contributed by atoms with E-state index in [1.54, 1.807) is 26.0 Å². The summed E-state index contributed by atoms with van der Waals surface area (Å²) >= 11 is 1.46. The molecule has 1 atom stereocenters. The van der Waals surface area contributed by atoms with Gasteiger partial charge in [-0.05, 0) is 45.4 Å². The lowest BCUT2D eigenvalue weighted by molar-refractivity contribution is -0.147. The van der Waals surface area contributed by atoms with Crippen LogP contribution in [-0.2, 0) is 9.59 Å². The minimum Gasteiger partial charge on any atom is -0.481 e. The molecule has 23 heavy (non-hydrogen) atoms. The van der Waals surface area contributed by atoms with Crippen molar-refractivity contribution in [2.75, 3.05) is 11.9 Å². The molecule has 3 N–H and O–H groups in total. The van der Waals surface area contributed by atoms with Crippen molar-refractivity contribution in [3.8, 4) is 0 Å². The van der Waals surface area contributed by atoms with Crippen LogP contribution in [0.4, 0.5) is 5.69 Å². The maximum absolute atomic E-state index is 12.2. The highest BCUT2D eigenvalue weighted by molar-refractivity contribution is 8.00. The number of hydrogen-bond donors (Lipinski definition) is 3. The molecule has 6 nitrogen and oxygen atoms in total. The van der Waals surface area contributed by atoms with Crippen LogP contribution < -0.4 is 10.6 Å². The van der Waals surface area contributed by atoms with Crippen molar-refractivity contribution < 1.29 is 19.5 Å². The zero-order valence-corrected chi connectivity index (χ0v) is 14.1. The minimum atomic E-state index is -0.894. The van der Waals surface area contributed by atoms with E-state index in [2.05, 4.69) is 10.6 Å². The van der Waals surface area contributed by atoms with Gasteiger partial charge in [0, 0.05) is 17.0 Å². The van der Waals surface area contributed by atoms with Crippen LogP contribution in [0.5, 0.6) is 0 Å². The number of rotatable bonds is 5. The molecule has 7 heteroatoms. The number of anilines is 1. The third-order valence-electron chi connectivity index (χ3n) is 3.79. The van der Waals surface area contributed by atoms with Crippen LogP contribution in [-0.4, -0.2) is 34.7 Å². The van der Waals surface area contributed by atoms with Crippen molar-refractivity contribution in [2.45, 2.75) is 37.3 Å². The number of aliphatic carboxylic acids is 1. The second kappa shape index (κ2) is 6.62. The van der Waals surface area contributed by atoms with Crippen LogP contribution in [0.15, 0.2) is 23.1 Å². The first-order valence-electron chi connectivity index (χ1n) is 7.34. The summed E-state index contributed by atoms with van der Waals surface area (Å²) in [7, 11) is 0. The van der Waals surface area contributed by atoms with E-state index < -0.39 is 11.4 Å². The molecule has 0 spiro atoms. The summed E-state index contributed by atoms with van der Waals surface area (Å²) in [6.45, 7) is 5.34. The Bertz CT molecular complexity index is 657. The summed E-state index contributed by atoms with van der Waals surface area (Å²) < 4.78 is 0. The molecule has 1 aromatic rings. The lowest BCUT2D eigenvalue weighted by Gasteiger charge is -2.22. The number of carboxylic acids is 1. The molecule has 0 aromatic heterocycles. The fourth-order valence-electron chi connectivity index (χ4n) is 2.05. The highest BCUT2D eigenvalue weighted by atomic mass is 32.2. The molecule has 0 bridgehead atoms. The highest BCUT2D eigenvalue weighted by Gasteiger charge is 2.27. The fraction of sp³-hybridized carbons (Fsp3) is 0.438. The van der Waals surface area contributed by atoms with Gasteiger partial charge in [0.15, 0.2) is 0 Å². The van der Waals surface area contributed by atoms with E-state index in [0.717, 1.165) is 4.90 Å². The van der Waals surface area contributed by atoms with Gasteiger partial charge in [-0.25, -0.2) is 0 Å². The Kier molecular flexibility index (Phi) is 4.99. The zero-order chi connectivity index (χ0) is 17.2. The summed E-state index contributed by atoms with van der Waals surface area (Å²) in [6.07, 6.45) is 0.336. The lowest BCUT2D eigenvalue weighted by atomic mass is 9.90. The van der Waals surface area contributed by atoms with Crippen molar-refractivity contribution >= 4 is 35.2 Å². The number of fused-ring (bicyclic) bond motifs is 1. The molecule has 1 heterocycles. The Morgan fingerprint density at radius 2 is 2.09 bits per heavy atom. The van der Waals surface area contributed by atoms with Crippen molar-refractivity contribution in [1.82, 2.24) is 5.32 Å². The summed E-state index contributed by atoms with van der Waals surface area (Å²) in [5.41, 5.74) is 0.188. The van der Waals surface area contributed by atoms with Gasteiger partial charge in [-0.1, -0.05) is 0 Å². The first kappa shape index (κ1) is 17.3. The Balaban J connectivity index is 2.00. The summed E-state index contributed by atoms with van der Waals surface area (Å²) in [6, 6.07) is 5.16. The van der Waals surface area contributed by atoms with Gasteiger partial charge in [0.2, 0.25) is 5.91 Å². The second-order valence-corrected chi connectivity index (χ2v) is 7.54. The van der Waals surface area contributed by atoms with Crippen molar-refractivity contribution in [2.24, 2.45) is 5.41 Å². The summed E-state index contributed by atoms with van der Waals surface area (Å²) in [5, 5.41) is 14.4. The molecule has 2 amide bonds. The number of benzene rings is 1. The van der Waals surface area contributed by atoms with Crippen LogP contribution in [0.1, 0.15) is 37.6 Å². The summed E-state index contributed by atoms with van der Waals surface area (Å²) in [4.78, 5) is 35.8. The van der Waals surface area contributed by atoms with E-state index in [1.165, 1.54) is 11.8 Å². The number of carbonyl (C=O) groups is 3. The van der Waals surface area contributed by atoms with Gasteiger partial charge in [-0.3, -0.25) is 14.4 Å². The van der Waals surface area contributed by atoms with Crippen molar-refractivity contribution in [3.05, 3.63) is 23.8 Å². The largest absolute Gasteiger partial charge is 0.481 e. The fourth-order valence-corrected chi connectivity index (χ4v) is 2.98. The average Bonchev–Trinajstić information content (AvgIpc) is 2.47. The molecule has 0 saturated heterocycles. The Labute approximate surface area is 139 Å². The molecule has 1 aliphatic rings. The van der Waals surface area contributed by atoms with Crippen LogP contribution >= 0.6 is 11.8 Å². The quantitative estimate of drug-likeness (QED) is 0.767. The van der Waals surface area contributed by atoms with E-state index >= 15 is 0 Å². The number of carbonyl (C=O) groups excluding carboxylic acids is 2. The van der Waals surface area contributed by atoms with Crippen molar-refractivity contribution in [3.63, 3.8) is 0 Å². The van der Waals surface area contributed by atoms with Crippen LogP contribution in [0, 0.1) is 5.41 Å². The Morgan fingerprint density at radius 3 is 2.74 bits per heavy atom. The van der Waals surface area contributed by atoms with Gasteiger partial charge in [-0.15, -0.1) is 11.8 Å². The molecule has 1 unspecified atom stereocenters. The Hall–Kier alpha value is -2.02. The minimum absolute atomic E-state index is 0.0803. The molecule has 0 fully saturated rings. The molecule has 124 valence electrons. The average molecular weight is 336 g/mol. The predicted octanol–water partition coefficient (Wildman–Crippen LogP) is 2.35. The molecule has 0 saturated carbocycles. The van der Waals surface area contributed by atoms with Crippen LogP contribution in [0.25, 0.3) is 0 Å². The number of nitrogens with one attached hydrogen (secondary N) is 2. The topological polar surface area (TPSA) is 95.5 Å². The smallest absolute Gasteiger partial charge is 0.309 e. The first-order valence-corrected chi connectivity index (χ1v) is 8.22. The first-order chi connectivity index (χ1) is 10.7. The van der Waals surface area contributed by atoms with Crippen LogP contribution in [0.2, 0.25) is 0 Å². The van der Waals surface area contributed by atoms with E-state index in [4.69, 9.17) is 5.11 Å². The van der Waals surface area contributed by atoms with E-state index in [1.807, 2.05) is 13.0 Å². The molecule has 0 radical (unpaired) electrons. The molecule has 2 rings (SSSR count). The Morgan fingerprint density at radius 1 is 1.39 bits per heavy atom. The second-order valence-electron chi connectivity index (χ2n) is 6.16. The maximum atomic E-state index is 12.2. The standard InChI is InChI=1S/C16H20N2O4S/c1-9-13(19)18-11-8-10(4-5-12(11)23-9)14(20)17-7-6-16(2,3)15(21)22/h4-5,8-9H,6-7H2,1-3H3,(H,17,20)(H,18,19)(H,21,22). The van der Waals surface area contributed by atoms with Crippen molar-refractivity contribution in [1.29, 1.82) is 0 Å².